The molecular formula is C12H22N2O2. The largest absolute Gasteiger partial charge is 0.378 e. The Morgan fingerprint density at radius 2 is 2.06 bits per heavy atom. The molecule has 0 aromatic carbocycles. The second-order valence-electron chi connectivity index (χ2n) is 5.01. The van der Waals surface area contributed by atoms with Gasteiger partial charge in [-0.15, -0.1) is 0 Å². The lowest BCUT2D eigenvalue weighted by Gasteiger charge is -2.28. The van der Waals surface area contributed by atoms with Crippen molar-refractivity contribution in [2.24, 2.45) is 5.41 Å². The maximum absolute atomic E-state index is 11.8. The van der Waals surface area contributed by atoms with Crippen LogP contribution in [0.4, 0.5) is 4.79 Å². The number of amides is 2. The third-order valence-corrected chi connectivity index (χ3v) is 3.65. The van der Waals surface area contributed by atoms with E-state index in [1.165, 1.54) is 25.7 Å². The van der Waals surface area contributed by atoms with Crippen molar-refractivity contribution in [3.63, 3.8) is 0 Å². The van der Waals surface area contributed by atoms with Gasteiger partial charge in [-0.25, -0.2) is 4.79 Å². The quantitative estimate of drug-likeness (QED) is 0.791. The number of carbonyl (C=O) groups is 1. The molecule has 0 spiro atoms. The SMILES string of the molecule is CCCC1(CNC(=O)N2CCOCC2)CC1. The minimum atomic E-state index is 0.0886. The van der Waals surface area contributed by atoms with Gasteiger partial charge >= 0.3 is 6.03 Å². The molecule has 1 heterocycles. The number of carbonyl (C=O) groups excluding carboxylic acids is 1. The van der Waals surface area contributed by atoms with Crippen molar-refractivity contribution in [2.45, 2.75) is 32.6 Å². The van der Waals surface area contributed by atoms with Crippen LogP contribution >= 0.6 is 0 Å². The fourth-order valence-electron chi connectivity index (χ4n) is 2.36. The molecule has 2 amide bonds. The van der Waals surface area contributed by atoms with E-state index in [9.17, 15) is 4.79 Å². The summed E-state index contributed by atoms with van der Waals surface area (Å²) in [4.78, 5) is 13.7. The van der Waals surface area contributed by atoms with Crippen LogP contribution in [0.25, 0.3) is 0 Å². The van der Waals surface area contributed by atoms with Gasteiger partial charge in [0.05, 0.1) is 13.2 Å². The van der Waals surface area contributed by atoms with Crippen LogP contribution in [-0.4, -0.2) is 43.8 Å². The van der Waals surface area contributed by atoms with Crippen molar-refractivity contribution in [2.75, 3.05) is 32.8 Å². The summed E-state index contributed by atoms with van der Waals surface area (Å²) >= 11 is 0. The molecule has 92 valence electrons. The second-order valence-corrected chi connectivity index (χ2v) is 5.01. The Morgan fingerprint density at radius 1 is 1.38 bits per heavy atom. The van der Waals surface area contributed by atoms with Crippen LogP contribution in [0.5, 0.6) is 0 Å². The molecule has 16 heavy (non-hydrogen) atoms. The van der Waals surface area contributed by atoms with Gasteiger partial charge in [0.15, 0.2) is 0 Å². The first-order chi connectivity index (χ1) is 7.76. The number of nitrogens with one attached hydrogen (secondary N) is 1. The third kappa shape index (κ3) is 2.88. The second kappa shape index (κ2) is 5.04. The lowest BCUT2D eigenvalue weighted by Crippen LogP contribution is -2.47. The lowest BCUT2D eigenvalue weighted by atomic mass is 10.0. The molecule has 0 atom stereocenters. The highest BCUT2D eigenvalue weighted by Crippen LogP contribution is 2.48. The monoisotopic (exact) mass is 226 g/mol. The van der Waals surface area contributed by atoms with Crippen LogP contribution in [0.1, 0.15) is 32.6 Å². The van der Waals surface area contributed by atoms with Gasteiger partial charge in [0.1, 0.15) is 0 Å². The molecule has 1 saturated carbocycles. The number of hydrogen-bond acceptors (Lipinski definition) is 2. The fourth-order valence-corrected chi connectivity index (χ4v) is 2.36. The number of rotatable bonds is 4. The lowest BCUT2D eigenvalue weighted by molar-refractivity contribution is 0.0529. The number of ether oxygens (including phenoxy) is 1. The molecule has 1 N–H and O–H groups in total. The maximum atomic E-state index is 11.8. The minimum absolute atomic E-state index is 0.0886. The van der Waals surface area contributed by atoms with E-state index in [-0.39, 0.29) is 6.03 Å². The van der Waals surface area contributed by atoms with Crippen molar-refractivity contribution in [1.29, 1.82) is 0 Å². The van der Waals surface area contributed by atoms with E-state index in [2.05, 4.69) is 12.2 Å². The molecule has 0 radical (unpaired) electrons. The van der Waals surface area contributed by atoms with Gasteiger partial charge in [-0.05, 0) is 24.7 Å². The highest BCUT2D eigenvalue weighted by Gasteiger charge is 2.41. The summed E-state index contributed by atoms with van der Waals surface area (Å²) in [7, 11) is 0. The first kappa shape index (κ1) is 11.7. The average Bonchev–Trinajstić information content (AvgIpc) is 3.08. The standard InChI is InChI=1S/C12H22N2O2/c1-2-3-12(4-5-12)10-13-11(15)14-6-8-16-9-7-14/h2-10H2,1H3,(H,13,15). The van der Waals surface area contributed by atoms with Crippen LogP contribution in [0.2, 0.25) is 0 Å². The summed E-state index contributed by atoms with van der Waals surface area (Å²) in [6.45, 7) is 5.88. The van der Waals surface area contributed by atoms with Crippen LogP contribution in [0, 0.1) is 5.41 Å². The Balaban J connectivity index is 1.70. The number of nitrogens with zero attached hydrogens (tertiary/aromatic N) is 1. The Labute approximate surface area is 97.3 Å². The molecule has 2 aliphatic rings. The number of hydrogen-bond donors (Lipinski definition) is 1. The maximum Gasteiger partial charge on any atom is 0.317 e. The van der Waals surface area contributed by atoms with E-state index in [1.807, 2.05) is 4.90 Å². The highest BCUT2D eigenvalue weighted by atomic mass is 16.5. The van der Waals surface area contributed by atoms with Crippen molar-refractivity contribution >= 4 is 6.03 Å². The smallest absolute Gasteiger partial charge is 0.317 e. The minimum Gasteiger partial charge on any atom is -0.378 e. The highest BCUT2D eigenvalue weighted by molar-refractivity contribution is 5.74. The molecule has 4 nitrogen and oxygen atoms in total. The van der Waals surface area contributed by atoms with Gasteiger partial charge in [0.25, 0.3) is 0 Å². The molecule has 1 saturated heterocycles. The predicted molar refractivity (Wildman–Crippen MR) is 62.4 cm³/mol. The normalized spacial score (nSPS) is 22.9. The summed E-state index contributed by atoms with van der Waals surface area (Å²) < 4.78 is 5.22. The summed E-state index contributed by atoms with van der Waals surface area (Å²) in [6, 6.07) is 0.0886. The van der Waals surface area contributed by atoms with Crippen molar-refractivity contribution in [3.05, 3.63) is 0 Å². The van der Waals surface area contributed by atoms with E-state index in [0.717, 1.165) is 19.6 Å². The summed E-state index contributed by atoms with van der Waals surface area (Å²) in [5.74, 6) is 0. The topological polar surface area (TPSA) is 41.6 Å². The van der Waals surface area contributed by atoms with Crippen LogP contribution < -0.4 is 5.32 Å². The average molecular weight is 226 g/mol. The van der Waals surface area contributed by atoms with Crippen molar-refractivity contribution < 1.29 is 9.53 Å². The molecule has 0 aromatic heterocycles. The Morgan fingerprint density at radius 3 is 2.62 bits per heavy atom. The molecule has 1 aliphatic heterocycles. The van der Waals surface area contributed by atoms with Crippen LogP contribution in [-0.2, 0) is 4.74 Å². The first-order valence-electron chi connectivity index (χ1n) is 6.36. The third-order valence-electron chi connectivity index (χ3n) is 3.65. The van der Waals surface area contributed by atoms with Gasteiger partial charge in [0.2, 0.25) is 0 Å². The summed E-state index contributed by atoms with van der Waals surface area (Å²) in [6.07, 6.45) is 5.03. The molecule has 2 rings (SSSR count). The summed E-state index contributed by atoms with van der Waals surface area (Å²) in [5, 5.41) is 3.07. The van der Waals surface area contributed by atoms with E-state index >= 15 is 0 Å². The molecule has 0 unspecified atom stereocenters. The Hall–Kier alpha value is -0.770. The first-order valence-corrected chi connectivity index (χ1v) is 6.36. The zero-order valence-corrected chi connectivity index (χ0v) is 10.1. The number of morpholine rings is 1. The molecule has 2 fully saturated rings. The molecule has 4 heteroatoms. The molecule has 0 aromatic rings. The predicted octanol–water partition coefficient (Wildman–Crippen LogP) is 1.61. The molecule has 1 aliphatic carbocycles. The fraction of sp³-hybridized carbons (Fsp3) is 0.917. The van der Waals surface area contributed by atoms with Gasteiger partial charge in [-0.2, -0.15) is 0 Å². The zero-order chi connectivity index (χ0) is 11.4. The van der Waals surface area contributed by atoms with Crippen LogP contribution in [0.3, 0.4) is 0 Å². The van der Waals surface area contributed by atoms with E-state index in [1.54, 1.807) is 0 Å². The van der Waals surface area contributed by atoms with Crippen molar-refractivity contribution in [3.8, 4) is 0 Å². The van der Waals surface area contributed by atoms with E-state index < -0.39 is 0 Å². The van der Waals surface area contributed by atoms with E-state index in [4.69, 9.17) is 4.74 Å². The zero-order valence-electron chi connectivity index (χ0n) is 10.1. The Kier molecular flexibility index (Phi) is 3.69. The van der Waals surface area contributed by atoms with Gasteiger partial charge in [0, 0.05) is 19.6 Å². The van der Waals surface area contributed by atoms with Crippen LogP contribution in [0.15, 0.2) is 0 Å². The number of urea groups is 1. The van der Waals surface area contributed by atoms with Gasteiger partial charge in [-0.1, -0.05) is 13.3 Å². The molecule has 0 bridgehead atoms. The van der Waals surface area contributed by atoms with E-state index in [0.29, 0.717) is 18.6 Å². The van der Waals surface area contributed by atoms with Gasteiger partial charge < -0.3 is 15.0 Å². The van der Waals surface area contributed by atoms with Gasteiger partial charge in [-0.3, -0.25) is 0 Å². The van der Waals surface area contributed by atoms with Crippen molar-refractivity contribution in [1.82, 2.24) is 10.2 Å². The Bertz CT molecular complexity index is 245. The summed E-state index contributed by atoms with van der Waals surface area (Å²) in [5.41, 5.74) is 0.441. The molecular weight excluding hydrogens is 204 g/mol.